The van der Waals surface area contributed by atoms with Crippen LogP contribution in [0, 0.1) is 0 Å². The van der Waals surface area contributed by atoms with E-state index in [0.29, 0.717) is 11.5 Å². The van der Waals surface area contributed by atoms with E-state index in [0.717, 1.165) is 33.8 Å². The van der Waals surface area contributed by atoms with Gasteiger partial charge in [-0.3, -0.25) is 0 Å². The van der Waals surface area contributed by atoms with Gasteiger partial charge in [-0.25, -0.2) is 9.97 Å². The Morgan fingerprint density at radius 1 is 0.500 bits per heavy atom. The summed E-state index contributed by atoms with van der Waals surface area (Å²) in [6.45, 7) is 0. The predicted octanol–water partition coefficient (Wildman–Crippen LogP) is 4.64. The van der Waals surface area contributed by atoms with Crippen LogP contribution in [0.2, 0.25) is 0 Å². The summed E-state index contributed by atoms with van der Waals surface area (Å²) in [5.41, 5.74) is 17.8. The van der Waals surface area contributed by atoms with Gasteiger partial charge in [0.25, 0.3) is 0 Å². The maximum atomic E-state index is 5.82. The average Bonchev–Trinajstić information content (AvgIpc) is 2.69. The van der Waals surface area contributed by atoms with Crippen LogP contribution in [0.15, 0.2) is 84.9 Å². The van der Waals surface area contributed by atoms with Crippen LogP contribution >= 0.6 is 0 Å². The van der Waals surface area contributed by atoms with E-state index < -0.39 is 0 Å². The van der Waals surface area contributed by atoms with E-state index >= 15 is 0 Å². The normalized spacial score (nSPS) is 10.6. The summed E-state index contributed by atoms with van der Waals surface area (Å²) in [7, 11) is 0. The number of hydrogen-bond donors (Lipinski definition) is 2. The summed E-state index contributed by atoms with van der Waals surface area (Å²) >= 11 is 0. The Bertz CT molecular complexity index is 960. The number of anilines is 2. The highest BCUT2D eigenvalue weighted by atomic mass is 14.9. The van der Waals surface area contributed by atoms with Crippen LogP contribution in [-0.4, -0.2) is 9.97 Å². The molecule has 0 aliphatic rings. The molecular weight excluding hydrogens is 320 g/mol. The van der Waals surface area contributed by atoms with Crippen LogP contribution in [0.25, 0.3) is 33.9 Å². The van der Waals surface area contributed by atoms with Crippen molar-refractivity contribution in [3.63, 3.8) is 0 Å². The van der Waals surface area contributed by atoms with Crippen molar-refractivity contribution in [1.82, 2.24) is 9.97 Å². The van der Waals surface area contributed by atoms with Crippen molar-refractivity contribution in [2.45, 2.75) is 0 Å². The highest BCUT2D eigenvalue weighted by Gasteiger charge is 2.10. The third kappa shape index (κ3) is 3.26. The maximum Gasteiger partial charge on any atom is 0.160 e. The summed E-state index contributed by atoms with van der Waals surface area (Å²) in [6, 6.07) is 27.4. The molecule has 4 heteroatoms. The number of rotatable bonds is 3. The second kappa shape index (κ2) is 6.69. The van der Waals surface area contributed by atoms with Gasteiger partial charge in [0.15, 0.2) is 5.82 Å². The minimum atomic E-state index is 0.665. The number of nitrogens with two attached hydrogens (primary N) is 2. The molecule has 0 atom stereocenters. The van der Waals surface area contributed by atoms with Gasteiger partial charge in [0.1, 0.15) is 0 Å². The van der Waals surface area contributed by atoms with E-state index in [1.54, 1.807) is 0 Å². The molecule has 4 rings (SSSR count). The Balaban J connectivity index is 1.89. The zero-order chi connectivity index (χ0) is 17.9. The Hall–Kier alpha value is -3.66. The fraction of sp³-hybridized carbons (Fsp3) is 0. The molecule has 1 heterocycles. The summed E-state index contributed by atoms with van der Waals surface area (Å²) in [5.74, 6) is 0.665. The maximum absolute atomic E-state index is 5.82. The molecule has 4 N–H and O–H groups in total. The Morgan fingerprint density at radius 2 is 0.962 bits per heavy atom. The number of aromatic nitrogens is 2. The summed E-state index contributed by atoms with van der Waals surface area (Å²) in [5, 5.41) is 0. The molecule has 3 aromatic carbocycles. The third-order valence-corrected chi connectivity index (χ3v) is 4.17. The fourth-order valence-electron chi connectivity index (χ4n) is 2.77. The zero-order valence-corrected chi connectivity index (χ0v) is 14.1. The van der Waals surface area contributed by atoms with E-state index in [4.69, 9.17) is 21.4 Å². The second-order valence-electron chi connectivity index (χ2n) is 6.07. The monoisotopic (exact) mass is 338 g/mol. The van der Waals surface area contributed by atoms with Crippen LogP contribution in [0.1, 0.15) is 0 Å². The molecule has 0 radical (unpaired) electrons. The van der Waals surface area contributed by atoms with Crippen molar-refractivity contribution >= 4 is 11.4 Å². The number of hydrogen-bond acceptors (Lipinski definition) is 4. The molecule has 0 bridgehead atoms. The van der Waals surface area contributed by atoms with Crippen molar-refractivity contribution in [2.75, 3.05) is 11.5 Å². The van der Waals surface area contributed by atoms with Crippen LogP contribution in [0.5, 0.6) is 0 Å². The van der Waals surface area contributed by atoms with Crippen LogP contribution in [0.3, 0.4) is 0 Å². The molecule has 4 nitrogen and oxygen atoms in total. The lowest BCUT2D eigenvalue weighted by Gasteiger charge is -2.09. The summed E-state index contributed by atoms with van der Waals surface area (Å²) < 4.78 is 0. The lowest BCUT2D eigenvalue weighted by atomic mass is 10.1. The van der Waals surface area contributed by atoms with E-state index in [-0.39, 0.29) is 0 Å². The van der Waals surface area contributed by atoms with Crippen molar-refractivity contribution in [3.05, 3.63) is 84.9 Å². The van der Waals surface area contributed by atoms with Crippen LogP contribution in [-0.2, 0) is 0 Å². The Labute approximate surface area is 152 Å². The van der Waals surface area contributed by atoms with Gasteiger partial charge in [0.2, 0.25) is 0 Å². The van der Waals surface area contributed by atoms with E-state index in [1.807, 2.05) is 84.9 Å². The number of nitrogens with zero attached hydrogens (tertiary/aromatic N) is 2. The molecule has 0 aliphatic carbocycles. The third-order valence-electron chi connectivity index (χ3n) is 4.17. The first-order valence-electron chi connectivity index (χ1n) is 8.35. The average molecular weight is 338 g/mol. The molecule has 1 aromatic heterocycles. The Kier molecular flexibility index (Phi) is 4.07. The Morgan fingerprint density at radius 3 is 1.50 bits per heavy atom. The van der Waals surface area contributed by atoms with Gasteiger partial charge in [0.05, 0.1) is 11.4 Å². The van der Waals surface area contributed by atoms with Crippen LogP contribution < -0.4 is 11.5 Å². The van der Waals surface area contributed by atoms with Gasteiger partial charge >= 0.3 is 0 Å². The molecule has 4 aromatic rings. The van der Waals surface area contributed by atoms with Gasteiger partial charge in [0, 0.05) is 28.1 Å². The lowest BCUT2D eigenvalue weighted by Crippen LogP contribution is -1.96. The highest BCUT2D eigenvalue weighted by Crippen LogP contribution is 2.28. The minimum Gasteiger partial charge on any atom is -0.399 e. The quantitative estimate of drug-likeness (QED) is 0.533. The zero-order valence-electron chi connectivity index (χ0n) is 14.1. The number of nitrogen functional groups attached to an aromatic ring is 2. The van der Waals surface area contributed by atoms with Crippen molar-refractivity contribution in [1.29, 1.82) is 0 Å². The molecule has 0 saturated heterocycles. The molecule has 0 unspecified atom stereocenters. The smallest absolute Gasteiger partial charge is 0.160 e. The van der Waals surface area contributed by atoms with Gasteiger partial charge in [-0.05, 0) is 42.5 Å². The first kappa shape index (κ1) is 15.8. The molecule has 0 saturated carbocycles. The van der Waals surface area contributed by atoms with Gasteiger partial charge in [-0.1, -0.05) is 42.5 Å². The van der Waals surface area contributed by atoms with Crippen molar-refractivity contribution in [3.8, 4) is 33.9 Å². The molecule has 26 heavy (non-hydrogen) atoms. The minimum absolute atomic E-state index is 0.665. The van der Waals surface area contributed by atoms with Crippen molar-refractivity contribution < 1.29 is 0 Å². The molecule has 126 valence electrons. The first-order chi connectivity index (χ1) is 12.7. The van der Waals surface area contributed by atoms with E-state index in [2.05, 4.69) is 0 Å². The molecule has 0 fully saturated rings. The SMILES string of the molecule is Nc1ccc(-c2cc(-c3ccccc3)nc(-c3ccc(N)cc3)n2)cc1. The second-order valence-corrected chi connectivity index (χ2v) is 6.07. The van der Waals surface area contributed by atoms with Gasteiger partial charge in [-0.15, -0.1) is 0 Å². The van der Waals surface area contributed by atoms with Crippen molar-refractivity contribution in [2.24, 2.45) is 0 Å². The van der Waals surface area contributed by atoms with Gasteiger partial charge in [-0.2, -0.15) is 0 Å². The standard InChI is InChI=1S/C22H18N4/c23-18-10-6-16(7-11-18)21-14-20(15-4-2-1-3-5-15)25-22(26-21)17-8-12-19(24)13-9-17/h1-14H,23-24H2. The predicted molar refractivity (Wildman–Crippen MR) is 107 cm³/mol. The highest BCUT2D eigenvalue weighted by molar-refractivity contribution is 5.72. The topological polar surface area (TPSA) is 77.8 Å². The fourth-order valence-corrected chi connectivity index (χ4v) is 2.77. The molecule has 0 spiro atoms. The summed E-state index contributed by atoms with van der Waals surface area (Å²) in [4.78, 5) is 9.54. The van der Waals surface area contributed by atoms with Gasteiger partial charge < -0.3 is 11.5 Å². The molecular formula is C22H18N4. The van der Waals surface area contributed by atoms with E-state index in [1.165, 1.54) is 0 Å². The number of benzene rings is 3. The molecule has 0 amide bonds. The lowest BCUT2D eigenvalue weighted by molar-refractivity contribution is 1.18. The van der Waals surface area contributed by atoms with Crippen LogP contribution in [0.4, 0.5) is 11.4 Å². The van der Waals surface area contributed by atoms with E-state index in [9.17, 15) is 0 Å². The summed E-state index contributed by atoms with van der Waals surface area (Å²) in [6.07, 6.45) is 0. The molecule has 0 aliphatic heterocycles. The largest absolute Gasteiger partial charge is 0.399 e. The first-order valence-corrected chi connectivity index (χ1v) is 8.35.